The smallest absolute Gasteiger partial charge is 0.321 e. The van der Waals surface area contributed by atoms with E-state index in [1.165, 1.54) is 12.4 Å². The summed E-state index contributed by atoms with van der Waals surface area (Å²) < 4.78 is 0. The minimum absolute atomic E-state index is 0.0963. The summed E-state index contributed by atoms with van der Waals surface area (Å²) in [7, 11) is 0. The van der Waals surface area contributed by atoms with Gasteiger partial charge in [-0.2, -0.15) is 0 Å². The molecule has 1 aromatic carbocycles. The highest BCUT2D eigenvalue weighted by molar-refractivity contribution is 6.08. The number of aromatic amines is 1. The van der Waals surface area contributed by atoms with Gasteiger partial charge in [0.15, 0.2) is 0 Å². The molecule has 8 nitrogen and oxygen atoms in total. The molecule has 0 saturated heterocycles. The quantitative estimate of drug-likeness (QED) is 0.432. The lowest BCUT2D eigenvalue weighted by Crippen LogP contribution is -2.00. The van der Waals surface area contributed by atoms with Crippen molar-refractivity contribution in [2.24, 2.45) is 0 Å². The van der Waals surface area contributed by atoms with Crippen LogP contribution < -0.4 is 5.73 Å². The monoisotopic (exact) mass is 346 g/mol. The largest absolute Gasteiger partial charge is 0.383 e. The van der Waals surface area contributed by atoms with Crippen LogP contribution in [0.4, 0.5) is 11.6 Å². The standard InChI is InChI=1S/C18H14N6O2/c1-10-3-2-4-12-15(10)16(11-7-14(21-8-11)24(25)26)18(19)23-17(12)13-5-6-20-9-22-13/h2-9,21H,1H3,(H2,19,23). The van der Waals surface area contributed by atoms with Crippen molar-refractivity contribution in [1.29, 1.82) is 0 Å². The van der Waals surface area contributed by atoms with Crippen LogP contribution in [0, 0.1) is 17.0 Å². The molecule has 3 heterocycles. The van der Waals surface area contributed by atoms with Crippen molar-refractivity contribution in [2.45, 2.75) is 6.92 Å². The molecular formula is C18H14N6O2. The Labute approximate surface area is 147 Å². The highest BCUT2D eigenvalue weighted by Crippen LogP contribution is 2.39. The molecule has 0 fully saturated rings. The molecule has 4 rings (SSSR count). The Morgan fingerprint density at radius 1 is 1.27 bits per heavy atom. The topological polar surface area (TPSA) is 124 Å². The van der Waals surface area contributed by atoms with Gasteiger partial charge in [0.25, 0.3) is 0 Å². The maximum absolute atomic E-state index is 11.0. The summed E-state index contributed by atoms with van der Waals surface area (Å²) in [6.07, 6.45) is 4.67. The van der Waals surface area contributed by atoms with Crippen LogP contribution in [0.3, 0.4) is 0 Å². The van der Waals surface area contributed by atoms with E-state index in [2.05, 4.69) is 19.9 Å². The van der Waals surface area contributed by atoms with E-state index in [4.69, 9.17) is 5.73 Å². The second-order valence-corrected chi connectivity index (χ2v) is 5.84. The zero-order chi connectivity index (χ0) is 18.3. The number of nitrogens with one attached hydrogen (secondary N) is 1. The first kappa shape index (κ1) is 15.7. The van der Waals surface area contributed by atoms with Gasteiger partial charge in [0.05, 0.1) is 17.6 Å². The van der Waals surface area contributed by atoms with Crippen molar-refractivity contribution in [1.82, 2.24) is 19.9 Å². The number of H-pyrrole nitrogens is 1. The summed E-state index contributed by atoms with van der Waals surface area (Å²) in [5.74, 6) is 0.190. The number of aryl methyl sites for hydroxylation is 1. The Bertz CT molecular complexity index is 1140. The molecule has 0 amide bonds. The first-order valence-electron chi connectivity index (χ1n) is 7.84. The number of nitro groups is 1. The summed E-state index contributed by atoms with van der Waals surface area (Å²) in [6, 6.07) is 9.07. The van der Waals surface area contributed by atoms with Crippen LogP contribution in [0.1, 0.15) is 5.56 Å². The van der Waals surface area contributed by atoms with Crippen LogP contribution in [-0.4, -0.2) is 24.9 Å². The number of nitrogen functional groups attached to an aromatic ring is 1. The molecule has 0 atom stereocenters. The predicted octanol–water partition coefficient (Wildman–Crippen LogP) is 3.49. The number of benzene rings is 1. The lowest BCUT2D eigenvalue weighted by molar-refractivity contribution is -0.389. The minimum atomic E-state index is -0.475. The van der Waals surface area contributed by atoms with Crippen molar-refractivity contribution < 1.29 is 4.92 Å². The summed E-state index contributed by atoms with van der Waals surface area (Å²) in [6.45, 7) is 1.97. The molecule has 4 aromatic rings. The molecule has 0 bridgehead atoms. The van der Waals surface area contributed by atoms with Gasteiger partial charge >= 0.3 is 5.82 Å². The minimum Gasteiger partial charge on any atom is -0.383 e. The number of hydrogen-bond donors (Lipinski definition) is 2. The van der Waals surface area contributed by atoms with E-state index in [0.29, 0.717) is 22.5 Å². The number of nitrogens with zero attached hydrogens (tertiary/aromatic N) is 4. The normalized spacial score (nSPS) is 11.0. The van der Waals surface area contributed by atoms with Crippen LogP contribution in [0.25, 0.3) is 33.3 Å². The van der Waals surface area contributed by atoms with E-state index < -0.39 is 4.92 Å². The maximum Gasteiger partial charge on any atom is 0.321 e. The molecule has 3 aromatic heterocycles. The van der Waals surface area contributed by atoms with Gasteiger partial charge in [-0.05, 0) is 28.9 Å². The molecule has 26 heavy (non-hydrogen) atoms. The molecule has 3 N–H and O–H groups in total. The second-order valence-electron chi connectivity index (χ2n) is 5.84. The third kappa shape index (κ3) is 2.44. The molecule has 0 spiro atoms. The number of nitrogens with two attached hydrogens (primary N) is 1. The first-order chi connectivity index (χ1) is 12.6. The Morgan fingerprint density at radius 2 is 2.12 bits per heavy atom. The van der Waals surface area contributed by atoms with Gasteiger partial charge in [-0.3, -0.25) is 0 Å². The molecule has 0 saturated carbocycles. The van der Waals surface area contributed by atoms with Crippen molar-refractivity contribution in [3.63, 3.8) is 0 Å². The SMILES string of the molecule is Cc1cccc2c(-c3ccncn3)nc(N)c(-c3c[nH]c([N+](=O)[O-])c3)c12. The van der Waals surface area contributed by atoms with Crippen LogP contribution in [0.5, 0.6) is 0 Å². The summed E-state index contributed by atoms with van der Waals surface area (Å²) in [4.78, 5) is 26.0. The second kappa shape index (κ2) is 5.92. The molecule has 8 heteroatoms. The van der Waals surface area contributed by atoms with E-state index in [9.17, 15) is 10.1 Å². The van der Waals surface area contributed by atoms with E-state index in [-0.39, 0.29) is 11.6 Å². The van der Waals surface area contributed by atoms with E-state index >= 15 is 0 Å². The number of anilines is 1. The highest BCUT2D eigenvalue weighted by atomic mass is 16.6. The summed E-state index contributed by atoms with van der Waals surface area (Å²) in [5, 5.41) is 12.8. The highest BCUT2D eigenvalue weighted by Gasteiger charge is 2.20. The number of hydrogen-bond acceptors (Lipinski definition) is 6. The molecule has 0 unspecified atom stereocenters. The van der Waals surface area contributed by atoms with E-state index in [1.54, 1.807) is 18.5 Å². The third-order valence-electron chi connectivity index (χ3n) is 4.24. The number of pyridine rings is 1. The van der Waals surface area contributed by atoms with Gasteiger partial charge in [-0.15, -0.1) is 0 Å². The van der Waals surface area contributed by atoms with Gasteiger partial charge < -0.3 is 15.8 Å². The van der Waals surface area contributed by atoms with Gasteiger partial charge in [-0.1, -0.05) is 18.2 Å². The first-order valence-corrected chi connectivity index (χ1v) is 7.84. The van der Waals surface area contributed by atoms with Crippen LogP contribution in [0.2, 0.25) is 0 Å². The number of aromatic nitrogens is 4. The van der Waals surface area contributed by atoms with Crippen LogP contribution >= 0.6 is 0 Å². The molecule has 0 aliphatic carbocycles. The zero-order valence-corrected chi connectivity index (χ0v) is 13.8. The Kier molecular flexibility index (Phi) is 3.58. The van der Waals surface area contributed by atoms with Crippen molar-refractivity contribution in [3.05, 3.63) is 64.7 Å². The Balaban J connectivity index is 2.06. The number of fused-ring (bicyclic) bond motifs is 1. The van der Waals surface area contributed by atoms with Gasteiger partial charge in [0.1, 0.15) is 12.1 Å². The molecular weight excluding hydrogens is 332 g/mol. The molecule has 0 aliphatic heterocycles. The average Bonchev–Trinajstić information content (AvgIpc) is 3.12. The van der Waals surface area contributed by atoms with E-state index in [1.807, 2.05) is 25.1 Å². The lowest BCUT2D eigenvalue weighted by atomic mass is 9.95. The van der Waals surface area contributed by atoms with Gasteiger partial charge in [-0.25, -0.2) is 19.9 Å². The third-order valence-corrected chi connectivity index (χ3v) is 4.24. The fourth-order valence-electron chi connectivity index (χ4n) is 3.11. The Morgan fingerprint density at radius 3 is 2.81 bits per heavy atom. The molecule has 0 radical (unpaired) electrons. The zero-order valence-electron chi connectivity index (χ0n) is 13.8. The number of rotatable bonds is 3. The molecule has 128 valence electrons. The average molecular weight is 346 g/mol. The van der Waals surface area contributed by atoms with Crippen LogP contribution in [0.15, 0.2) is 49.1 Å². The Hall–Kier alpha value is -3.81. The van der Waals surface area contributed by atoms with Gasteiger partial charge in [0.2, 0.25) is 0 Å². The summed E-state index contributed by atoms with van der Waals surface area (Å²) in [5.41, 5.74) is 9.86. The fourth-order valence-corrected chi connectivity index (χ4v) is 3.11. The lowest BCUT2D eigenvalue weighted by Gasteiger charge is -2.14. The summed E-state index contributed by atoms with van der Waals surface area (Å²) >= 11 is 0. The maximum atomic E-state index is 11.0. The van der Waals surface area contributed by atoms with Crippen molar-refractivity contribution in [2.75, 3.05) is 5.73 Å². The van der Waals surface area contributed by atoms with Crippen molar-refractivity contribution >= 4 is 22.4 Å². The predicted molar refractivity (Wildman–Crippen MR) is 98.4 cm³/mol. The van der Waals surface area contributed by atoms with Crippen LogP contribution in [-0.2, 0) is 0 Å². The van der Waals surface area contributed by atoms with Gasteiger partial charge in [0, 0.05) is 28.8 Å². The van der Waals surface area contributed by atoms with E-state index in [0.717, 1.165) is 16.3 Å². The fraction of sp³-hybridized carbons (Fsp3) is 0.0556. The van der Waals surface area contributed by atoms with Crippen molar-refractivity contribution in [3.8, 4) is 22.5 Å². The molecule has 0 aliphatic rings.